The van der Waals surface area contributed by atoms with Crippen molar-refractivity contribution in [1.29, 1.82) is 0 Å². The first-order valence-electron chi connectivity index (χ1n) is 3.99. The average Bonchev–Trinajstić information content (AvgIpc) is 2.18. The molecular formula is C10H9ClFNO. The van der Waals surface area contributed by atoms with Crippen LogP contribution in [0.4, 0.5) is 4.39 Å². The van der Waals surface area contributed by atoms with E-state index in [0.717, 1.165) is 6.07 Å². The van der Waals surface area contributed by atoms with Gasteiger partial charge in [0.15, 0.2) is 0 Å². The zero-order valence-electron chi connectivity index (χ0n) is 7.39. The van der Waals surface area contributed by atoms with Crippen molar-refractivity contribution in [2.75, 3.05) is 6.54 Å². The number of hydrogen-bond acceptors (Lipinski definition) is 1. The molecule has 1 aromatic carbocycles. The van der Waals surface area contributed by atoms with Gasteiger partial charge in [-0.3, -0.25) is 4.79 Å². The van der Waals surface area contributed by atoms with Crippen LogP contribution in [-0.4, -0.2) is 12.5 Å². The molecule has 0 spiro atoms. The minimum atomic E-state index is -0.535. The molecule has 14 heavy (non-hydrogen) atoms. The van der Waals surface area contributed by atoms with Crippen LogP contribution in [0.25, 0.3) is 0 Å². The van der Waals surface area contributed by atoms with Gasteiger partial charge in [-0.25, -0.2) is 4.39 Å². The summed E-state index contributed by atoms with van der Waals surface area (Å²) in [5.74, 6) is -0.835. The number of carbonyl (C=O) groups is 1. The van der Waals surface area contributed by atoms with Gasteiger partial charge < -0.3 is 5.32 Å². The maximum atomic E-state index is 12.7. The van der Waals surface area contributed by atoms with Gasteiger partial charge in [-0.15, -0.1) is 6.58 Å². The predicted molar refractivity (Wildman–Crippen MR) is 53.9 cm³/mol. The fourth-order valence-corrected chi connectivity index (χ4v) is 1.08. The smallest absolute Gasteiger partial charge is 0.251 e. The van der Waals surface area contributed by atoms with Gasteiger partial charge in [-0.05, 0) is 18.2 Å². The van der Waals surface area contributed by atoms with E-state index in [-0.39, 0.29) is 10.9 Å². The maximum absolute atomic E-state index is 12.7. The second-order valence-electron chi connectivity index (χ2n) is 2.63. The van der Waals surface area contributed by atoms with Gasteiger partial charge in [0.25, 0.3) is 5.91 Å². The number of amides is 1. The van der Waals surface area contributed by atoms with Crippen molar-refractivity contribution in [1.82, 2.24) is 5.32 Å². The van der Waals surface area contributed by atoms with E-state index in [1.165, 1.54) is 12.1 Å². The third-order valence-corrected chi connectivity index (χ3v) is 1.88. The monoisotopic (exact) mass is 213 g/mol. The lowest BCUT2D eigenvalue weighted by Gasteiger charge is -2.02. The van der Waals surface area contributed by atoms with Crippen LogP contribution < -0.4 is 5.32 Å². The van der Waals surface area contributed by atoms with Gasteiger partial charge in [0.2, 0.25) is 0 Å². The highest BCUT2D eigenvalue weighted by molar-refractivity contribution is 6.31. The molecule has 0 saturated carbocycles. The minimum Gasteiger partial charge on any atom is -0.349 e. The Hall–Kier alpha value is -1.35. The molecular weight excluding hydrogens is 205 g/mol. The number of carbonyl (C=O) groups excluding carboxylic acids is 1. The van der Waals surface area contributed by atoms with Gasteiger partial charge in [0.1, 0.15) is 5.82 Å². The normalized spacial score (nSPS) is 9.57. The first-order valence-corrected chi connectivity index (χ1v) is 4.37. The van der Waals surface area contributed by atoms with E-state index in [4.69, 9.17) is 11.6 Å². The molecule has 0 aliphatic carbocycles. The van der Waals surface area contributed by atoms with E-state index in [1.54, 1.807) is 6.08 Å². The molecule has 2 nitrogen and oxygen atoms in total. The fourth-order valence-electron chi connectivity index (χ4n) is 0.904. The van der Waals surface area contributed by atoms with Crippen molar-refractivity contribution in [2.45, 2.75) is 0 Å². The SMILES string of the molecule is C=CCNC(=O)c1ccc(F)c(Cl)c1. The van der Waals surface area contributed by atoms with Gasteiger partial charge in [0.05, 0.1) is 5.02 Å². The zero-order valence-corrected chi connectivity index (χ0v) is 8.14. The second-order valence-corrected chi connectivity index (χ2v) is 3.03. The van der Waals surface area contributed by atoms with Crippen molar-refractivity contribution in [3.8, 4) is 0 Å². The summed E-state index contributed by atoms with van der Waals surface area (Å²) < 4.78 is 12.7. The van der Waals surface area contributed by atoms with E-state index in [1.807, 2.05) is 0 Å². The molecule has 0 unspecified atom stereocenters. The zero-order chi connectivity index (χ0) is 10.6. The second kappa shape index (κ2) is 4.77. The maximum Gasteiger partial charge on any atom is 0.251 e. The highest BCUT2D eigenvalue weighted by atomic mass is 35.5. The molecule has 0 aromatic heterocycles. The Bertz CT molecular complexity index is 365. The Morgan fingerprint density at radius 2 is 2.36 bits per heavy atom. The van der Waals surface area contributed by atoms with Crippen molar-refractivity contribution in [3.05, 3.63) is 47.3 Å². The molecule has 0 atom stereocenters. The Labute approximate surface area is 86.4 Å². The van der Waals surface area contributed by atoms with Crippen molar-refractivity contribution in [3.63, 3.8) is 0 Å². The molecule has 1 rings (SSSR count). The lowest BCUT2D eigenvalue weighted by atomic mass is 10.2. The standard InChI is InChI=1S/C10H9ClFNO/c1-2-5-13-10(14)7-3-4-9(12)8(11)6-7/h2-4,6H,1,5H2,(H,13,14). The summed E-state index contributed by atoms with van der Waals surface area (Å²) in [4.78, 5) is 11.3. The first-order chi connectivity index (χ1) is 6.65. The van der Waals surface area contributed by atoms with Crippen LogP contribution >= 0.6 is 11.6 Å². The number of nitrogens with one attached hydrogen (secondary N) is 1. The Morgan fingerprint density at radius 1 is 1.64 bits per heavy atom. The lowest BCUT2D eigenvalue weighted by molar-refractivity contribution is 0.0958. The Balaban J connectivity index is 2.80. The summed E-state index contributed by atoms with van der Waals surface area (Å²) in [6, 6.07) is 3.82. The summed E-state index contributed by atoms with van der Waals surface area (Å²) >= 11 is 5.52. The molecule has 4 heteroatoms. The topological polar surface area (TPSA) is 29.1 Å². The van der Waals surface area contributed by atoms with E-state index in [9.17, 15) is 9.18 Å². The molecule has 1 aromatic rings. The van der Waals surface area contributed by atoms with Crippen LogP contribution in [0, 0.1) is 5.82 Å². The van der Waals surface area contributed by atoms with E-state index in [0.29, 0.717) is 12.1 Å². The quantitative estimate of drug-likeness (QED) is 0.768. The Kier molecular flexibility index (Phi) is 3.65. The van der Waals surface area contributed by atoms with Crippen LogP contribution in [0.3, 0.4) is 0 Å². The van der Waals surface area contributed by atoms with E-state index < -0.39 is 5.82 Å². The summed E-state index contributed by atoms with van der Waals surface area (Å²) in [5.41, 5.74) is 0.332. The van der Waals surface area contributed by atoms with Gasteiger partial charge >= 0.3 is 0 Å². The minimum absolute atomic E-state index is 0.0590. The van der Waals surface area contributed by atoms with Crippen LogP contribution in [-0.2, 0) is 0 Å². The van der Waals surface area contributed by atoms with Crippen molar-refractivity contribution in [2.24, 2.45) is 0 Å². The van der Waals surface area contributed by atoms with E-state index in [2.05, 4.69) is 11.9 Å². The summed E-state index contributed by atoms with van der Waals surface area (Å²) in [7, 11) is 0. The molecule has 74 valence electrons. The molecule has 0 saturated heterocycles. The van der Waals surface area contributed by atoms with Crippen LogP contribution in [0.15, 0.2) is 30.9 Å². The number of hydrogen-bond donors (Lipinski definition) is 1. The summed E-state index contributed by atoms with van der Waals surface area (Å²) in [6.45, 7) is 3.83. The van der Waals surface area contributed by atoms with Gasteiger partial charge in [0, 0.05) is 12.1 Å². The molecule has 1 N–H and O–H groups in total. The molecule has 1 amide bonds. The molecule has 0 bridgehead atoms. The van der Waals surface area contributed by atoms with Gasteiger partial charge in [-0.1, -0.05) is 17.7 Å². The molecule has 0 fully saturated rings. The fraction of sp³-hybridized carbons (Fsp3) is 0.100. The van der Waals surface area contributed by atoms with Gasteiger partial charge in [-0.2, -0.15) is 0 Å². The average molecular weight is 214 g/mol. The highest BCUT2D eigenvalue weighted by Gasteiger charge is 2.06. The molecule has 0 radical (unpaired) electrons. The van der Waals surface area contributed by atoms with Crippen LogP contribution in [0.1, 0.15) is 10.4 Å². The largest absolute Gasteiger partial charge is 0.349 e. The molecule has 0 heterocycles. The van der Waals surface area contributed by atoms with E-state index >= 15 is 0 Å². The van der Waals surface area contributed by atoms with Crippen LogP contribution in [0.5, 0.6) is 0 Å². The Morgan fingerprint density at radius 3 is 2.93 bits per heavy atom. The third-order valence-electron chi connectivity index (χ3n) is 1.59. The first kappa shape index (κ1) is 10.7. The number of halogens is 2. The predicted octanol–water partition coefficient (Wildman–Crippen LogP) is 2.39. The van der Waals surface area contributed by atoms with Crippen molar-refractivity contribution < 1.29 is 9.18 Å². The highest BCUT2D eigenvalue weighted by Crippen LogP contribution is 2.15. The summed E-state index contributed by atoms with van der Waals surface area (Å²) in [6.07, 6.45) is 1.56. The molecule has 0 aliphatic heterocycles. The third kappa shape index (κ3) is 2.57. The lowest BCUT2D eigenvalue weighted by Crippen LogP contribution is -2.23. The van der Waals surface area contributed by atoms with Crippen LogP contribution in [0.2, 0.25) is 5.02 Å². The van der Waals surface area contributed by atoms with Crippen molar-refractivity contribution >= 4 is 17.5 Å². The molecule has 0 aliphatic rings. The number of rotatable bonds is 3. The summed E-state index contributed by atoms with van der Waals surface area (Å²) in [5, 5.41) is 2.50. The number of benzene rings is 1.